The molecular weight excluding hydrogens is 334 g/mol. The van der Waals surface area contributed by atoms with Gasteiger partial charge in [-0.15, -0.1) is 0 Å². The fourth-order valence-corrected chi connectivity index (χ4v) is 3.06. The molecule has 0 aromatic heterocycles. The number of Topliss-reactive ketones (excluding diaryl/α,β-unsaturated/α-hetero) is 1. The first-order valence-electron chi connectivity index (χ1n) is 8.67. The lowest BCUT2D eigenvalue weighted by molar-refractivity contribution is -0.122. The summed E-state index contributed by atoms with van der Waals surface area (Å²) in [6, 6.07) is 15.1. The first-order valence-corrected chi connectivity index (χ1v) is 9.05. The Labute approximate surface area is 153 Å². The summed E-state index contributed by atoms with van der Waals surface area (Å²) in [7, 11) is 0. The molecular formula is C21H22ClNO2. The molecule has 4 heteroatoms. The molecule has 2 aromatic rings. The zero-order valence-corrected chi connectivity index (χ0v) is 15.1. The molecule has 2 aromatic carbocycles. The fraction of sp³-hybridized carbons (Fsp3) is 0.333. The summed E-state index contributed by atoms with van der Waals surface area (Å²) < 4.78 is 0. The van der Waals surface area contributed by atoms with Crippen molar-refractivity contribution in [2.45, 2.75) is 38.6 Å². The van der Waals surface area contributed by atoms with Crippen molar-refractivity contribution in [3.63, 3.8) is 0 Å². The Balaban J connectivity index is 1.56. The van der Waals surface area contributed by atoms with Crippen LogP contribution in [-0.4, -0.2) is 11.7 Å². The third-order valence-corrected chi connectivity index (χ3v) is 4.84. The van der Waals surface area contributed by atoms with Gasteiger partial charge in [-0.3, -0.25) is 9.59 Å². The van der Waals surface area contributed by atoms with E-state index < -0.39 is 0 Å². The second kappa shape index (κ2) is 7.83. The largest absolute Gasteiger partial charge is 0.349 e. The molecule has 0 bridgehead atoms. The second-order valence-electron chi connectivity index (χ2n) is 6.72. The molecule has 0 heterocycles. The lowest BCUT2D eigenvalue weighted by Gasteiger charge is -2.19. The van der Waals surface area contributed by atoms with Gasteiger partial charge in [0.25, 0.3) is 0 Å². The van der Waals surface area contributed by atoms with Gasteiger partial charge in [-0.25, -0.2) is 0 Å². The molecule has 0 aliphatic heterocycles. The SMILES string of the molecule is Cc1ccc(C(NC(=O)CCC(=O)c2ccc(Cl)cc2)C2CC2)cc1. The lowest BCUT2D eigenvalue weighted by atomic mass is 10.0. The Bertz CT molecular complexity index is 748. The molecule has 25 heavy (non-hydrogen) atoms. The van der Waals surface area contributed by atoms with Crippen LogP contribution >= 0.6 is 11.6 Å². The highest BCUT2D eigenvalue weighted by molar-refractivity contribution is 6.30. The van der Waals surface area contributed by atoms with E-state index in [1.165, 1.54) is 5.56 Å². The molecule has 0 radical (unpaired) electrons. The molecule has 3 rings (SSSR count). The van der Waals surface area contributed by atoms with Gasteiger partial charge >= 0.3 is 0 Å². The number of halogens is 1. The van der Waals surface area contributed by atoms with Crippen molar-refractivity contribution in [1.82, 2.24) is 5.32 Å². The van der Waals surface area contributed by atoms with E-state index in [4.69, 9.17) is 11.6 Å². The maximum Gasteiger partial charge on any atom is 0.220 e. The molecule has 1 atom stereocenters. The summed E-state index contributed by atoms with van der Waals surface area (Å²) in [5.41, 5.74) is 2.94. The average Bonchev–Trinajstić information content (AvgIpc) is 3.44. The highest BCUT2D eigenvalue weighted by atomic mass is 35.5. The van der Waals surface area contributed by atoms with Crippen molar-refractivity contribution in [3.05, 3.63) is 70.2 Å². The van der Waals surface area contributed by atoms with Crippen molar-refractivity contribution < 1.29 is 9.59 Å². The van der Waals surface area contributed by atoms with Crippen molar-refractivity contribution in [1.29, 1.82) is 0 Å². The summed E-state index contributed by atoms with van der Waals surface area (Å²) in [4.78, 5) is 24.5. The van der Waals surface area contributed by atoms with E-state index >= 15 is 0 Å². The molecule has 1 aliphatic rings. The van der Waals surface area contributed by atoms with E-state index in [2.05, 4.69) is 36.5 Å². The van der Waals surface area contributed by atoms with Gasteiger partial charge in [-0.2, -0.15) is 0 Å². The van der Waals surface area contributed by atoms with Gasteiger partial charge in [0.05, 0.1) is 6.04 Å². The Morgan fingerprint density at radius 3 is 2.28 bits per heavy atom. The molecule has 1 N–H and O–H groups in total. The number of benzene rings is 2. The van der Waals surface area contributed by atoms with Crippen LogP contribution in [0.2, 0.25) is 5.02 Å². The average molecular weight is 356 g/mol. The highest BCUT2D eigenvalue weighted by Gasteiger charge is 2.33. The smallest absolute Gasteiger partial charge is 0.220 e. The number of hydrogen-bond donors (Lipinski definition) is 1. The Morgan fingerprint density at radius 2 is 1.68 bits per heavy atom. The zero-order valence-electron chi connectivity index (χ0n) is 14.3. The first kappa shape index (κ1) is 17.7. The predicted octanol–water partition coefficient (Wildman–Crippen LogP) is 4.88. The van der Waals surface area contributed by atoms with Crippen molar-refractivity contribution in [3.8, 4) is 0 Å². The number of carbonyl (C=O) groups is 2. The van der Waals surface area contributed by atoms with Crippen LogP contribution in [0.3, 0.4) is 0 Å². The number of aryl methyl sites for hydroxylation is 1. The normalized spacial score (nSPS) is 14.8. The van der Waals surface area contributed by atoms with Gasteiger partial charge in [0.1, 0.15) is 0 Å². The highest BCUT2D eigenvalue weighted by Crippen LogP contribution is 2.41. The monoisotopic (exact) mass is 355 g/mol. The number of rotatable bonds is 7. The molecule has 3 nitrogen and oxygen atoms in total. The van der Waals surface area contributed by atoms with Crippen molar-refractivity contribution in [2.75, 3.05) is 0 Å². The standard InChI is InChI=1S/C21H22ClNO2/c1-14-2-4-16(5-3-14)21(17-6-7-17)23-20(25)13-12-19(24)15-8-10-18(22)11-9-15/h2-5,8-11,17,21H,6-7,12-13H2,1H3,(H,23,25). The van der Waals surface area contributed by atoms with Crippen LogP contribution in [0.4, 0.5) is 0 Å². The Hall–Kier alpha value is -2.13. The second-order valence-corrected chi connectivity index (χ2v) is 7.16. The van der Waals surface area contributed by atoms with E-state index in [1.807, 2.05) is 0 Å². The summed E-state index contributed by atoms with van der Waals surface area (Å²) in [5, 5.41) is 3.72. The van der Waals surface area contributed by atoms with E-state index in [9.17, 15) is 9.59 Å². The molecule has 0 spiro atoms. The van der Waals surface area contributed by atoms with Crippen molar-refractivity contribution >= 4 is 23.3 Å². The van der Waals surface area contributed by atoms with Crippen molar-refractivity contribution in [2.24, 2.45) is 5.92 Å². The predicted molar refractivity (Wildman–Crippen MR) is 99.8 cm³/mol. The van der Waals surface area contributed by atoms with Gasteiger partial charge in [0, 0.05) is 23.4 Å². The third kappa shape index (κ3) is 4.93. The summed E-state index contributed by atoms with van der Waals surface area (Å²) in [6.45, 7) is 2.05. The molecule has 1 fully saturated rings. The Kier molecular flexibility index (Phi) is 5.54. The van der Waals surface area contributed by atoms with Crippen LogP contribution in [0.5, 0.6) is 0 Å². The van der Waals surface area contributed by atoms with Gasteiger partial charge in [0.2, 0.25) is 5.91 Å². The number of ketones is 1. The molecule has 1 unspecified atom stereocenters. The van der Waals surface area contributed by atoms with Crippen LogP contribution < -0.4 is 5.32 Å². The first-order chi connectivity index (χ1) is 12.0. The van der Waals surface area contributed by atoms with Crippen LogP contribution in [0.25, 0.3) is 0 Å². The van der Waals surface area contributed by atoms with Gasteiger partial charge < -0.3 is 5.32 Å². The van der Waals surface area contributed by atoms with E-state index in [-0.39, 0.29) is 30.6 Å². The topological polar surface area (TPSA) is 46.2 Å². The lowest BCUT2D eigenvalue weighted by Crippen LogP contribution is -2.30. The summed E-state index contributed by atoms with van der Waals surface area (Å²) in [5.74, 6) is 0.406. The number of amides is 1. The van der Waals surface area contributed by atoms with Crippen LogP contribution in [0.1, 0.15) is 53.2 Å². The molecule has 130 valence electrons. The minimum Gasteiger partial charge on any atom is -0.349 e. The van der Waals surface area contributed by atoms with Gasteiger partial charge in [-0.05, 0) is 55.5 Å². The summed E-state index contributed by atoms with van der Waals surface area (Å²) in [6.07, 6.45) is 2.69. The van der Waals surface area contributed by atoms with Crippen LogP contribution in [0.15, 0.2) is 48.5 Å². The van der Waals surface area contributed by atoms with Gasteiger partial charge in [0.15, 0.2) is 5.78 Å². The number of carbonyl (C=O) groups excluding carboxylic acids is 2. The maximum atomic E-state index is 12.3. The maximum absolute atomic E-state index is 12.3. The minimum absolute atomic E-state index is 0.0369. The summed E-state index contributed by atoms with van der Waals surface area (Å²) >= 11 is 5.83. The number of nitrogens with one attached hydrogen (secondary N) is 1. The van der Waals surface area contributed by atoms with E-state index in [0.29, 0.717) is 16.5 Å². The number of hydrogen-bond acceptors (Lipinski definition) is 2. The van der Waals surface area contributed by atoms with Crippen LogP contribution in [-0.2, 0) is 4.79 Å². The Morgan fingerprint density at radius 1 is 1.04 bits per heavy atom. The molecule has 1 amide bonds. The molecule has 0 saturated heterocycles. The minimum atomic E-state index is -0.0696. The van der Waals surface area contributed by atoms with E-state index in [1.54, 1.807) is 24.3 Å². The fourth-order valence-electron chi connectivity index (χ4n) is 2.93. The third-order valence-electron chi connectivity index (χ3n) is 4.59. The van der Waals surface area contributed by atoms with Crippen LogP contribution in [0, 0.1) is 12.8 Å². The van der Waals surface area contributed by atoms with E-state index in [0.717, 1.165) is 18.4 Å². The zero-order chi connectivity index (χ0) is 17.8. The molecule has 1 aliphatic carbocycles. The quantitative estimate of drug-likeness (QED) is 0.719. The van der Waals surface area contributed by atoms with Gasteiger partial charge in [-0.1, -0.05) is 41.4 Å². The molecule has 1 saturated carbocycles.